The van der Waals surface area contributed by atoms with Crippen LogP contribution >= 0.6 is 0 Å². The minimum Gasteiger partial charge on any atom is -0.335 e. The first-order chi connectivity index (χ1) is 6.51. The molecule has 0 aromatic carbocycles. The number of hydrogen-bond acceptors (Lipinski definition) is 2. The van der Waals surface area contributed by atoms with Gasteiger partial charge in [0.25, 0.3) is 0 Å². The highest BCUT2D eigenvalue weighted by molar-refractivity contribution is 7.84. The number of rotatable bonds is 5. The van der Waals surface area contributed by atoms with Crippen LogP contribution in [0.15, 0.2) is 0 Å². The van der Waals surface area contributed by atoms with Crippen LogP contribution in [0, 0.1) is 0 Å². The van der Waals surface area contributed by atoms with Gasteiger partial charge in [-0.3, -0.25) is 4.21 Å². The molecule has 0 fully saturated rings. The molecule has 0 rings (SSSR count). The van der Waals surface area contributed by atoms with E-state index >= 15 is 0 Å². The van der Waals surface area contributed by atoms with Gasteiger partial charge in [0.2, 0.25) is 0 Å². The fourth-order valence-electron chi connectivity index (χ4n) is 1.21. The molecule has 2 unspecified atom stereocenters. The van der Waals surface area contributed by atoms with E-state index in [0.29, 0.717) is 18.8 Å². The van der Waals surface area contributed by atoms with Crippen LogP contribution in [0.3, 0.4) is 0 Å². The van der Waals surface area contributed by atoms with Gasteiger partial charge in [-0.05, 0) is 20.8 Å². The lowest BCUT2D eigenvalue weighted by Crippen LogP contribution is -2.45. The second-order valence-electron chi connectivity index (χ2n) is 3.26. The van der Waals surface area contributed by atoms with Crippen molar-refractivity contribution in [2.45, 2.75) is 26.8 Å². The lowest BCUT2D eigenvalue weighted by molar-refractivity contribution is 0.201. The monoisotopic (exact) mass is 220 g/mol. The quantitative estimate of drug-likeness (QED) is 0.745. The van der Waals surface area contributed by atoms with Gasteiger partial charge in [-0.2, -0.15) is 0 Å². The zero-order valence-corrected chi connectivity index (χ0v) is 10.2. The lowest BCUT2D eigenvalue weighted by atomic mass is 10.4. The van der Waals surface area contributed by atoms with Crippen LogP contribution in [0.5, 0.6) is 0 Å². The Balaban J connectivity index is 3.97. The Morgan fingerprint density at radius 3 is 2.29 bits per heavy atom. The van der Waals surface area contributed by atoms with Crippen LogP contribution in [-0.2, 0) is 10.8 Å². The van der Waals surface area contributed by atoms with Crippen molar-refractivity contribution in [2.24, 2.45) is 0 Å². The average molecular weight is 220 g/mol. The molecule has 1 N–H and O–H groups in total. The van der Waals surface area contributed by atoms with Crippen molar-refractivity contribution in [1.82, 2.24) is 10.2 Å². The summed E-state index contributed by atoms with van der Waals surface area (Å²) in [4.78, 5) is 13.2. The first-order valence-electron chi connectivity index (χ1n) is 4.86. The second kappa shape index (κ2) is 6.81. The number of carbonyl (C=O) groups is 1. The van der Waals surface area contributed by atoms with Gasteiger partial charge in [0, 0.05) is 41.9 Å². The van der Waals surface area contributed by atoms with Gasteiger partial charge in [0.15, 0.2) is 0 Å². The molecule has 0 aliphatic rings. The topological polar surface area (TPSA) is 49.4 Å². The maximum Gasteiger partial charge on any atom is 0.317 e. The molecule has 14 heavy (non-hydrogen) atoms. The maximum atomic E-state index is 11.5. The van der Waals surface area contributed by atoms with Gasteiger partial charge < -0.3 is 10.2 Å². The lowest BCUT2D eigenvalue weighted by Gasteiger charge is -2.22. The van der Waals surface area contributed by atoms with E-state index in [1.54, 1.807) is 11.2 Å². The summed E-state index contributed by atoms with van der Waals surface area (Å²) in [5.74, 6) is 0.507. The summed E-state index contributed by atoms with van der Waals surface area (Å²) in [6, 6.07) is -0.109. The molecule has 0 aliphatic carbocycles. The first kappa shape index (κ1) is 13.4. The van der Waals surface area contributed by atoms with Crippen molar-refractivity contribution in [1.29, 1.82) is 0 Å². The third kappa shape index (κ3) is 5.21. The fraction of sp³-hybridized carbons (Fsp3) is 0.889. The second-order valence-corrected chi connectivity index (χ2v) is 4.74. The summed E-state index contributed by atoms with van der Waals surface area (Å²) in [7, 11) is -0.862. The van der Waals surface area contributed by atoms with E-state index in [4.69, 9.17) is 0 Å². The molecule has 0 spiro atoms. The standard InChI is InChI=1S/C9H20N2O2S/c1-5-11(6-2)9(12)10-8(3)7-14(4)13/h8H,5-7H2,1-4H3,(H,10,12). The van der Waals surface area contributed by atoms with Gasteiger partial charge in [0.05, 0.1) is 0 Å². The highest BCUT2D eigenvalue weighted by Crippen LogP contribution is 1.92. The molecule has 0 saturated heterocycles. The van der Waals surface area contributed by atoms with Crippen molar-refractivity contribution < 1.29 is 9.00 Å². The van der Waals surface area contributed by atoms with E-state index in [1.807, 2.05) is 20.8 Å². The first-order valence-corrected chi connectivity index (χ1v) is 6.59. The predicted molar refractivity (Wildman–Crippen MR) is 59.8 cm³/mol. The van der Waals surface area contributed by atoms with E-state index < -0.39 is 10.8 Å². The number of nitrogens with zero attached hydrogens (tertiary/aromatic N) is 1. The Bertz CT molecular complexity index is 205. The summed E-state index contributed by atoms with van der Waals surface area (Å²) in [6.45, 7) is 7.13. The molecule has 2 atom stereocenters. The van der Waals surface area contributed by atoms with E-state index in [9.17, 15) is 9.00 Å². The molecule has 2 amide bonds. The minimum absolute atomic E-state index is 0.0334. The smallest absolute Gasteiger partial charge is 0.317 e. The Labute approximate surface area is 88.5 Å². The molecule has 0 radical (unpaired) electrons. The third-order valence-corrected chi connectivity index (χ3v) is 2.87. The molecular weight excluding hydrogens is 200 g/mol. The number of nitrogens with one attached hydrogen (secondary N) is 1. The van der Waals surface area contributed by atoms with Crippen LogP contribution in [-0.4, -0.2) is 46.3 Å². The molecule has 84 valence electrons. The molecule has 0 bridgehead atoms. The molecule has 0 aromatic heterocycles. The number of carbonyl (C=O) groups excluding carboxylic acids is 1. The van der Waals surface area contributed by atoms with E-state index in [1.165, 1.54) is 0 Å². The highest BCUT2D eigenvalue weighted by atomic mass is 32.2. The fourth-order valence-corrected chi connectivity index (χ4v) is 1.99. The Hall–Kier alpha value is -0.580. The van der Waals surface area contributed by atoms with Crippen molar-refractivity contribution in [2.75, 3.05) is 25.1 Å². The van der Waals surface area contributed by atoms with Crippen LogP contribution in [0.25, 0.3) is 0 Å². The molecule has 0 aliphatic heterocycles. The molecular formula is C9H20N2O2S. The van der Waals surface area contributed by atoms with E-state index in [2.05, 4.69) is 5.32 Å². The van der Waals surface area contributed by atoms with Crippen molar-refractivity contribution in [3.05, 3.63) is 0 Å². The summed E-state index contributed by atoms with van der Waals surface area (Å²) in [5, 5.41) is 2.81. The number of hydrogen-bond donors (Lipinski definition) is 1. The Morgan fingerprint density at radius 1 is 1.43 bits per heavy atom. The largest absolute Gasteiger partial charge is 0.335 e. The summed E-state index contributed by atoms with van der Waals surface area (Å²) in [5.41, 5.74) is 0. The molecule has 5 heteroatoms. The van der Waals surface area contributed by atoms with Crippen molar-refractivity contribution in [3.8, 4) is 0 Å². The predicted octanol–water partition coefficient (Wildman–Crippen LogP) is 0.805. The molecule has 0 saturated carbocycles. The van der Waals surface area contributed by atoms with Crippen LogP contribution in [0.1, 0.15) is 20.8 Å². The van der Waals surface area contributed by atoms with Crippen LogP contribution < -0.4 is 5.32 Å². The molecule has 4 nitrogen and oxygen atoms in total. The number of amides is 2. The van der Waals surface area contributed by atoms with E-state index in [0.717, 1.165) is 0 Å². The summed E-state index contributed by atoms with van der Waals surface area (Å²) < 4.78 is 10.9. The Morgan fingerprint density at radius 2 is 1.93 bits per heavy atom. The van der Waals surface area contributed by atoms with Gasteiger partial charge in [-0.1, -0.05) is 0 Å². The minimum atomic E-state index is -0.862. The SMILES string of the molecule is CCN(CC)C(=O)NC(C)CS(C)=O. The Kier molecular flexibility index (Phi) is 6.53. The van der Waals surface area contributed by atoms with Crippen LogP contribution in [0.2, 0.25) is 0 Å². The summed E-state index contributed by atoms with van der Waals surface area (Å²) >= 11 is 0. The molecule has 0 heterocycles. The third-order valence-electron chi connectivity index (χ3n) is 1.91. The molecule has 0 aromatic rings. The zero-order valence-electron chi connectivity index (χ0n) is 9.37. The van der Waals surface area contributed by atoms with Crippen LogP contribution in [0.4, 0.5) is 4.79 Å². The number of urea groups is 1. The van der Waals surface area contributed by atoms with Gasteiger partial charge in [0.1, 0.15) is 0 Å². The van der Waals surface area contributed by atoms with Gasteiger partial charge >= 0.3 is 6.03 Å². The average Bonchev–Trinajstić information content (AvgIpc) is 2.04. The van der Waals surface area contributed by atoms with Gasteiger partial charge in [-0.15, -0.1) is 0 Å². The zero-order chi connectivity index (χ0) is 11.1. The van der Waals surface area contributed by atoms with Crippen molar-refractivity contribution in [3.63, 3.8) is 0 Å². The maximum absolute atomic E-state index is 11.5. The van der Waals surface area contributed by atoms with E-state index in [-0.39, 0.29) is 12.1 Å². The highest BCUT2D eigenvalue weighted by Gasteiger charge is 2.12. The van der Waals surface area contributed by atoms with Crippen molar-refractivity contribution >= 4 is 16.8 Å². The summed E-state index contributed by atoms with van der Waals surface area (Å²) in [6.07, 6.45) is 1.64. The van der Waals surface area contributed by atoms with Gasteiger partial charge in [-0.25, -0.2) is 4.79 Å². The normalized spacial score (nSPS) is 14.6.